The molecule has 0 aliphatic carbocycles. The number of nitrogens with zero attached hydrogens (tertiary/aromatic N) is 4. The lowest BCUT2D eigenvalue weighted by Crippen LogP contribution is -2.36. The predicted molar refractivity (Wildman–Crippen MR) is 106 cm³/mol. The second-order valence-electron chi connectivity index (χ2n) is 6.44. The van der Waals surface area contributed by atoms with E-state index in [2.05, 4.69) is 20.9 Å². The Bertz CT molecular complexity index is 950. The highest BCUT2D eigenvalue weighted by Gasteiger charge is 2.19. The number of benzene rings is 1. The molecule has 3 aromatic rings. The third-order valence-corrected chi connectivity index (χ3v) is 5.93. The zero-order valence-corrected chi connectivity index (χ0v) is 16.1. The lowest BCUT2D eigenvalue weighted by Gasteiger charge is -2.30. The molecule has 0 N–H and O–H groups in total. The van der Waals surface area contributed by atoms with E-state index in [1.807, 2.05) is 48.0 Å². The molecule has 0 radical (unpaired) electrons. The van der Waals surface area contributed by atoms with Crippen LogP contribution in [0.2, 0.25) is 0 Å². The van der Waals surface area contributed by atoms with Crippen molar-refractivity contribution in [3.63, 3.8) is 0 Å². The van der Waals surface area contributed by atoms with E-state index in [0.29, 0.717) is 10.9 Å². The number of morpholine rings is 1. The van der Waals surface area contributed by atoms with Crippen molar-refractivity contribution in [2.24, 2.45) is 0 Å². The summed E-state index contributed by atoms with van der Waals surface area (Å²) in [7, 11) is -1.28. The zero-order chi connectivity index (χ0) is 18.6. The van der Waals surface area contributed by atoms with Crippen molar-refractivity contribution in [3.8, 4) is 5.82 Å². The molecule has 1 fully saturated rings. The highest BCUT2D eigenvalue weighted by Crippen LogP contribution is 2.25. The molecule has 1 aliphatic rings. The van der Waals surface area contributed by atoms with Gasteiger partial charge in [0.05, 0.1) is 29.8 Å². The van der Waals surface area contributed by atoms with E-state index < -0.39 is 10.8 Å². The first-order valence-corrected chi connectivity index (χ1v) is 10.3. The van der Waals surface area contributed by atoms with Crippen LogP contribution in [0.5, 0.6) is 0 Å². The number of hydrogen-bond donors (Lipinski definition) is 0. The van der Waals surface area contributed by atoms with E-state index in [-0.39, 0.29) is 0 Å². The molecule has 140 valence electrons. The molecule has 1 aliphatic heterocycles. The van der Waals surface area contributed by atoms with Crippen LogP contribution in [-0.4, -0.2) is 45.0 Å². The molecule has 0 spiro atoms. The minimum absolute atomic E-state index is 0.413. The number of pyridine rings is 1. The Labute approximate surface area is 161 Å². The van der Waals surface area contributed by atoms with Gasteiger partial charge in [-0.25, -0.2) is 9.97 Å². The fraction of sp³-hybridized carbons (Fsp3) is 0.300. The van der Waals surface area contributed by atoms with E-state index in [9.17, 15) is 4.21 Å². The van der Waals surface area contributed by atoms with Gasteiger partial charge in [-0.3, -0.25) is 8.78 Å². The highest BCUT2D eigenvalue weighted by molar-refractivity contribution is 7.84. The molecule has 6 nitrogen and oxygen atoms in total. The number of anilines is 1. The van der Waals surface area contributed by atoms with Crippen molar-refractivity contribution in [1.29, 1.82) is 0 Å². The summed E-state index contributed by atoms with van der Waals surface area (Å²) in [6, 6.07) is 12.0. The summed E-state index contributed by atoms with van der Waals surface area (Å²) in [5.74, 6) is 1.18. The maximum Gasteiger partial charge on any atom is 0.205 e. The molecule has 2 aromatic heterocycles. The SMILES string of the molecule is Cc1cccnc1-n1ccnc1S(=O)Cc1ccccc1N1CCOCC1. The van der Waals surface area contributed by atoms with Gasteiger partial charge in [0.25, 0.3) is 0 Å². The smallest absolute Gasteiger partial charge is 0.205 e. The lowest BCUT2D eigenvalue weighted by atomic mass is 10.1. The summed E-state index contributed by atoms with van der Waals surface area (Å²) in [5, 5.41) is 0.522. The van der Waals surface area contributed by atoms with E-state index in [4.69, 9.17) is 4.74 Å². The van der Waals surface area contributed by atoms with Gasteiger partial charge >= 0.3 is 0 Å². The molecule has 27 heavy (non-hydrogen) atoms. The predicted octanol–water partition coefficient (Wildman–Crippen LogP) is 2.72. The van der Waals surface area contributed by atoms with Gasteiger partial charge in [0, 0.05) is 37.4 Å². The van der Waals surface area contributed by atoms with Crippen LogP contribution in [0.4, 0.5) is 5.69 Å². The van der Waals surface area contributed by atoms with E-state index in [1.165, 1.54) is 0 Å². The summed E-state index contributed by atoms with van der Waals surface area (Å²) < 4.78 is 20.4. The molecule has 1 saturated heterocycles. The van der Waals surface area contributed by atoms with Crippen LogP contribution in [0.1, 0.15) is 11.1 Å². The molecule has 0 amide bonds. The van der Waals surface area contributed by atoms with Crippen molar-refractivity contribution in [3.05, 3.63) is 66.1 Å². The van der Waals surface area contributed by atoms with Gasteiger partial charge in [-0.15, -0.1) is 0 Å². The van der Waals surface area contributed by atoms with E-state index >= 15 is 0 Å². The summed E-state index contributed by atoms with van der Waals surface area (Å²) in [6.07, 6.45) is 5.23. The minimum atomic E-state index is -1.28. The number of imidazole rings is 1. The number of hydrogen-bond acceptors (Lipinski definition) is 5. The fourth-order valence-corrected chi connectivity index (χ4v) is 4.50. The average molecular weight is 382 g/mol. The Kier molecular flexibility index (Phi) is 5.31. The topological polar surface area (TPSA) is 60.2 Å². The Morgan fingerprint density at radius 1 is 1.07 bits per heavy atom. The van der Waals surface area contributed by atoms with Crippen molar-refractivity contribution >= 4 is 16.5 Å². The van der Waals surface area contributed by atoms with Crippen LogP contribution >= 0.6 is 0 Å². The van der Waals surface area contributed by atoms with Gasteiger partial charge in [0.1, 0.15) is 5.82 Å². The largest absolute Gasteiger partial charge is 0.378 e. The minimum Gasteiger partial charge on any atom is -0.378 e. The van der Waals surface area contributed by atoms with Gasteiger partial charge in [0.15, 0.2) is 0 Å². The first-order valence-electron chi connectivity index (χ1n) is 8.98. The van der Waals surface area contributed by atoms with Crippen LogP contribution in [0.3, 0.4) is 0 Å². The summed E-state index contributed by atoms with van der Waals surface area (Å²) in [4.78, 5) is 11.1. The second kappa shape index (κ2) is 8.02. The van der Waals surface area contributed by atoms with Crippen LogP contribution < -0.4 is 4.90 Å². The molecule has 4 rings (SSSR count). The van der Waals surface area contributed by atoms with Gasteiger partial charge in [-0.1, -0.05) is 24.3 Å². The van der Waals surface area contributed by atoms with E-state index in [0.717, 1.165) is 48.9 Å². The maximum atomic E-state index is 13.2. The van der Waals surface area contributed by atoms with Gasteiger partial charge < -0.3 is 9.64 Å². The van der Waals surface area contributed by atoms with Crippen LogP contribution in [-0.2, 0) is 21.3 Å². The Balaban J connectivity index is 1.61. The lowest BCUT2D eigenvalue weighted by molar-refractivity contribution is 0.122. The molecular formula is C20H22N4O2S. The molecule has 0 bridgehead atoms. The third-order valence-electron chi connectivity index (χ3n) is 4.65. The van der Waals surface area contributed by atoms with Gasteiger partial charge in [-0.2, -0.15) is 0 Å². The summed E-state index contributed by atoms with van der Waals surface area (Å²) in [5.41, 5.74) is 3.20. The number of rotatable bonds is 5. The van der Waals surface area contributed by atoms with Crippen LogP contribution in [0.25, 0.3) is 5.82 Å². The van der Waals surface area contributed by atoms with Crippen LogP contribution in [0.15, 0.2) is 60.1 Å². The Morgan fingerprint density at radius 3 is 2.70 bits per heavy atom. The normalized spacial score (nSPS) is 15.7. The second-order valence-corrected chi connectivity index (χ2v) is 7.79. The molecule has 7 heteroatoms. The van der Waals surface area contributed by atoms with Gasteiger partial charge in [-0.05, 0) is 30.2 Å². The van der Waals surface area contributed by atoms with Gasteiger partial charge in [0.2, 0.25) is 5.16 Å². The number of ether oxygens (including phenoxy) is 1. The van der Waals surface area contributed by atoms with Crippen molar-refractivity contribution < 1.29 is 8.95 Å². The third kappa shape index (κ3) is 3.79. The Hall–Kier alpha value is -2.51. The summed E-state index contributed by atoms with van der Waals surface area (Å²) >= 11 is 0. The maximum absolute atomic E-state index is 13.2. The van der Waals surface area contributed by atoms with E-state index in [1.54, 1.807) is 12.4 Å². The monoisotopic (exact) mass is 382 g/mol. The first kappa shape index (κ1) is 17.9. The van der Waals surface area contributed by atoms with Crippen molar-refractivity contribution in [2.75, 3.05) is 31.2 Å². The highest BCUT2D eigenvalue weighted by atomic mass is 32.2. The summed E-state index contributed by atoms with van der Waals surface area (Å²) in [6.45, 7) is 5.14. The molecule has 3 heterocycles. The molecule has 1 aromatic carbocycles. The zero-order valence-electron chi connectivity index (χ0n) is 15.2. The van der Waals surface area contributed by atoms with Crippen molar-refractivity contribution in [2.45, 2.75) is 17.8 Å². The number of para-hydroxylation sites is 1. The first-order chi connectivity index (χ1) is 13.2. The standard InChI is InChI=1S/C20H22N4O2S/c1-16-5-4-8-21-19(16)24-10-9-22-20(24)27(25)15-17-6-2-3-7-18(17)23-11-13-26-14-12-23/h2-10H,11-15H2,1H3. The van der Waals surface area contributed by atoms with Crippen LogP contribution in [0, 0.1) is 6.92 Å². The molecule has 1 atom stereocenters. The fourth-order valence-electron chi connectivity index (χ4n) is 3.30. The van der Waals surface area contributed by atoms with Crippen molar-refractivity contribution in [1.82, 2.24) is 14.5 Å². The Morgan fingerprint density at radius 2 is 1.89 bits per heavy atom. The number of aromatic nitrogens is 3. The molecule has 0 saturated carbocycles. The molecule has 1 unspecified atom stereocenters. The average Bonchev–Trinajstić information content (AvgIpc) is 3.19. The number of aryl methyl sites for hydroxylation is 1. The molecular weight excluding hydrogens is 360 g/mol. The quantitative estimate of drug-likeness (QED) is 0.679.